The summed E-state index contributed by atoms with van der Waals surface area (Å²) in [7, 11) is 0. The summed E-state index contributed by atoms with van der Waals surface area (Å²) in [6, 6.07) is 12.4. The Bertz CT molecular complexity index is 768. The van der Waals surface area contributed by atoms with Gasteiger partial charge < -0.3 is 5.32 Å². The first-order chi connectivity index (χ1) is 9.74. The third-order valence-electron chi connectivity index (χ3n) is 2.75. The number of para-hydroxylation sites is 1. The van der Waals surface area contributed by atoms with Crippen LogP contribution in [0.5, 0.6) is 0 Å². The lowest BCUT2D eigenvalue weighted by atomic mass is 10.2. The van der Waals surface area contributed by atoms with Crippen molar-refractivity contribution in [1.29, 1.82) is 0 Å². The maximum absolute atomic E-state index is 12.1. The molecule has 2 aromatic heterocycles. The van der Waals surface area contributed by atoms with E-state index in [1.165, 1.54) is 12.1 Å². The van der Waals surface area contributed by atoms with Crippen LogP contribution in [0.3, 0.4) is 0 Å². The van der Waals surface area contributed by atoms with E-state index in [4.69, 9.17) is 11.6 Å². The van der Waals surface area contributed by atoms with Gasteiger partial charge in [-0.15, -0.1) is 10.2 Å². The van der Waals surface area contributed by atoms with Crippen LogP contribution < -0.4 is 5.32 Å². The quantitative estimate of drug-likeness (QED) is 0.785. The molecule has 0 unspecified atom stereocenters. The molecule has 0 spiro atoms. The van der Waals surface area contributed by atoms with Crippen molar-refractivity contribution in [3.05, 3.63) is 59.5 Å². The van der Waals surface area contributed by atoms with Gasteiger partial charge in [-0.2, -0.15) is 0 Å². The molecule has 0 saturated carbocycles. The van der Waals surface area contributed by atoms with Gasteiger partial charge in [0, 0.05) is 11.6 Å². The summed E-state index contributed by atoms with van der Waals surface area (Å²) < 4.78 is 0. The van der Waals surface area contributed by atoms with Gasteiger partial charge in [-0.05, 0) is 24.3 Å². The van der Waals surface area contributed by atoms with Crippen LogP contribution in [0, 0.1) is 0 Å². The minimum atomic E-state index is -0.354. The first-order valence-corrected chi connectivity index (χ1v) is 6.26. The molecule has 2 heterocycles. The lowest BCUT2D eigenvalue weighted by Gasteiger charge is -2.07. The van der Waals surface area contributed by atoms with E-state index < -0.39 is 0 Å². The molecule has 1 N–H and O–H groups in total. The number of aromatic nitrogens is 3. The fourth-order valence-corrected chi connectivity index (χ4v) is 1.93. The van der Waals surface area contributed by atoms with E-state index in [9.17, 15) is 4.79 Å². The number of pyridine rings is 1. The van der Waals surface area contributed by atoms with Crippen LogP contribution in [-0.4, -0.2) is 21.1 Å². The number of rotatable bonds is 2. The number of nitrogens with one attached hydrogen (secondary N) is 1. The lowest BCUT2D eigenvalue weighted by Crippen LogP contribution is -2.14. The lowest BCUT2D eigenvalue weighted by molar-refractivity contribution is 0.102. The standard InChI is InChI=1S/C14H9ClN4O/c15-12-7-6-11(18-19-12)14(20)17-10-5-1-3-9-4-2-8-16-13(9)10/h1-8H,(H,17,20). The van der Waals surface area contributed by atoms with Crippen molar-refractivity contribution in [2.75, 3.05) is 5.32 Å². The van der Waals surface area contributed by atoms with Gasteiger partial charge in [0.25, 0.3) is 5.91 Å². The van der Waals surface area contributed by atoms with Gasteiger partial charge in [0.15, 0.2) is 10.8 Å². The number of nitrogens with zero attached hydrogens (tertiary/aromatic N) is 3. The van der Waals surface area contributed by atoms with Crippen molar-refractivity contribution in [1.82, 2.24) is 15.2 Å². The van der Waals surface area contributed by atoms with Crippen molar-refractivity contribution in [3.63, 3.8) is 0 Å². The van der Waals surface area contributed by atoms with E-state index in [2.05, 4.69) is 20.5 Å². The topological polar surface area (TPSA) is 67.8 Å². The predicted molar refractivity (Wildman–Crippen MR) is 76.7 cm³/mol. The molecule has 98 valence electrons. The van der Waals surface area contributed by atoms with Crippen LogP contribution in [0.1, 0.15) is 10.5 Å². The molecular weight excluding hydrogens is 276 g/mol. The number of fused-ring (bicyclic) bond motifs is 1. The molecule has 0 aliphatic rings. The van der Waals surface area contributed by atoms with Crippen LogP contribution in [0.2, 0.25) is 5.15 Å². The molecule has 5 nitrogen and oxygen atoms in total. The maximum atomic E-state index is 12.1. The van der Waals surface area contributed by atoms with Gasteiger partial charge in [-0.3, -0.25) is 9.78 Å². The van der Waals surface area contributed by atoms with E-state index in [1.807, 2.05) is 24.3 Å². The van der Waals surface area contributed by atoms with E-state index >= 15 is 0 Å². The van der Waals surface area contributed by atoms with Crippen molar-refractivity contribution < 1.29 is 4.79 Å². The molecule has 0 fully saturated rings. The number of amides is 1. The molecular formula is C14H9ClN4O. The summed E-state index contributed by atoms with van der Waals surface area (Å²) in [5.74, 6) is -0.354. The van der Waals surface area contributed by atoms with E-state index in [1.54, 1.807) is 12.3 Å². The monoisotopic (exact) mass is 284 g/mol. The Morgan fingerprint density at radius 2 is 1.90 bits per heavy atom. The minimum absolute atomic E-state index is 0.197. The number of anilines is 1. The molecule has 0 bridgehead atoms. The van der Waals surface area contributed by atoms with Crippen LogP contribution in [0.25, 0.3) is 10.9 Å². The summed E-state index contributed by atoms with van der Waals surface area (Å²) in [6.45, 7) is 0. The zero-order valence-corrected chi connectivity index (χ0v) is 11.0. The summed E-state index contributed by atoms with van der Waals surface area (Å²) in [5, 5.41) is 11.4. The van der Waals surface area contributed by atoms with Crippen LogP contribution in [0.15, 0.2) is 48.7 Å². The molecule has 1 amide bonds. The predicted octanol–water partition coefficient (Wildman–Crippen LogP) is 2.93. The largest absolute Gasteiger partial charge is 0.319 e. The van der Waals surface area contributed by atoms with Gasteiger partial charge in [-0.1, -0.05) is 29.8 Å². The molecule has 0 radical (unpaired) electrons. The fraction of sp³-hybridized carbons (Fsp3) is 0. The Morgan fingerprint density at radius 1 is 1.05 bits per heavy atom. The van der Waals surface area contributed by atoms with E-state index in [0.29, 0.717) is 5.69 Å². The molecule has 20 heavy (non-hydrogen) atoms. The molecule has 0 aliphatic carbocycles. The Labute approximate surface area is 119 Å². The molecule has 0 aliphatic heterocycles. The fourth-order valence-electron chi connectivity index (χ4n) is 1.83. The van der Waals surface area contributed by atoms with Crippen LogP contribution >= 0.6 is 11.6 Å². The second-order valence-electron chi connectivity index (χ2n) is 4.08. The van der Waals surface area contributed by atoms with E-state index in [0.717, 1.165) is 10.9 Å². The zero-order chi connectivity index (χ0) is 13.9. The molecule has 6 heteroatoms. The molecule has 3 rings (SSSR count). The second kappa shape index (κ2) is 5.22. The highest BCUT2D eigenvalue weighted by Gasteiger charge is 2.10. The highest BCUT2D eigenvalue weighted by Crippen LogP contribution is 2.21. The van der Waals surface area contributed by atoms with Gasteiger partial charge >= 0.3 is 0 Å². The van der Waals surface area contributed by atoms with Crippen molar-refractivity contribution >= 4 is 34.1 Å². The van der Waals surface area contributed by atoms with Gasteiger partial charge in [-0.25, -0.2) is 0 Å². The normalized spacial score (nSPS) is 10.4. The number of benzene rings is 1. The van der Waals surface area contributed by atoms with Crippen LogP contribution in [0.4, 0.5) is 5.69 Å². The summed E-state index contributed by atoms with van der Waals surface area (Å²) >= 11 is 5.64. The number of carbonyl (C=O) groups excluding carboxylic acids is 1. The third kappa shape index (κ3) is 2.44. The number of hydrogen-bond donors (Lipinski definition) is 1. The SMILES string of the molecule is O=C(Nc1cccc2cccnc12)c1ccc(Cl)nn1. The number of carbonyl (C=O) groups is 1. The average Bonchev–Trinajstić information content (AvgIpc) is 2.48. The number of halogens is 1. The number of hydrogen-bond acceptors (Lipinski definition) is 4. The van der Waals surface area contributed by atoms with Gasteiger partial charge in [0.1, 0.15) is 0 Å². The highest BCUT2D eigenvalue weighted by molar-refractivity contribution is 6.29. The van der Waals surface area contributed by atoms with Crippen molar-refractivity contribution in [2.24, 2.45) is 0 Å². The summed E-state index contributed by atoms with van der Waals surface area (Å²) in [4.78, 5) is 16.4. The van der Waals surface area contributed by atoms with Gasteiger partial charge in [0.05, 0.1) is 11.2 Å². The maximum Gasteiger partial charge on any atom is 0.276 e. The summed E-state index contributed by atoms with van der Waals surface area (Å²) in [5.41, 5.74) is 1.55. The highest BCUT2D eigenvalue weighted by atomic mass is 35.5. The van der Waals surface area contributed by atoms with Crippen LogP contribution in [-0.2, 0) is 0 Å². The summed E-state index contributed by atoms with van der Waals surface area (Å²) in [6.07, 6.45) is 1.68. The molecule has 3 aromatic rings. The minimum Gasteiger partial charge on any atom is -0.319 e. The Kier molecular flexibility index (Phi) is 3.26. The molecule has 1 aromatic carbocycles. The zero-order valence-electron chi connectivity index (χ0n) is 10.2. The Morgan fingerprint density at radius 3 is 2.70 bits per heavy atom. The smallest absolute Gasteiger partial charge is 0.276 e. The third-order valence-corrected chi connectivity index (χ3v) is 2.95. The van der Waals surface area contributed by atoms with E-state index in [-0.39, 0.29) is 16.8 Å². The Hall–Kier alpha value is -2.53. The van der Waals surface area contributed by atoms with Gasteiger partial charge in [0.2, 0.25) is 0 Å². The first-order valence-electron chi connectivity index (χ1n) is 5.88. The second-order valence-corrected chi connectivity index (χ2v) is 4.46. The van der Waals surface area contributed by atoms with Crippen molar-refractivity contribution in [3.8, 4) is 0 Å². The molecule has 0 saturated heterocycles. The average molecular weight is 285 g/mol. The van der Waals surface area contributed by atoms with Crippen molar-refractivity contribution in [2.45, 2.75) is 0 Å². The Balaban J connectivity index is 1.93. The molecule has 0 atom stereocenters. The first kappa shape index (κ1) is 12.5.